The Morgan fingerprint density at radius 3 is 2.38 bits per heavy atom. The molecule has 0 spiro atoms. The first-order chi connectivity index (χ1) is 9.45. The largest absolute Gasteiger partial charge is 0.419 e. The fraction of sp³-hybridized carbons (Fsp3) is 0.538. The van der Waals surface area contributed by atoms with Crippen LogP contribution >= 0.6 is 12.4 Å². The predicted octanol–water partition coefficient (Wildman–Crippen LogP) is 2.20. The number of piperazine rings is 1. The van der Waals surface area contributed by atoms with Crippen molar-refractivity contribution in [2.45, 2.75) is 12.2 Å². The lowest BCUT2D eigenvalue weighted by atomic mass is 10.0. The van der Waals surface area contributed by atoms with Gasteiger partial charge in [-0.25, -0.2) is 4.39 Å². The zero-order valence-electron chi connectivity index (χ0n) is 11.2. The molecular formula is C13H17ClF4N2O. The molecule has 120 valence electrons. The van der Waals surface area contributed by atoms with Crippen molar-refractivity contribution >= 4 is 12.4 Å². The molecule has 1 aromatic rings. The smallest absolute Gasteiger partial charge is 0.394 e. The topological polar surface area (TPSA) is 35.5 Å². The van der Waals surface area contributed by atoms with Crippen LogP contribution in [-0.2, 0) is 6.18 Å². The zero-order valence-corrected chi connectivity index (χ0v) is 12.0. The van der Waals surface area contributed by atoms with Gasteiger partial charge in [0.15, 0.2) is 0 Å². The molecule has 0 aromatic heterocycles. The molecule has 0 aliphatic carbocycles. The molecule has 3 nitrogen and oxygen atoms in total. The van der Waals surface area contributed by atoms with E-state index in [9.17, 15) is 22.7 Å². The average molecular weight is 329 g/mol. The molecule has 1 aliphatic heterocycles. The standard InChI is InChI=1S/C13H16F4N2O.ClH/c14-12-9(2-1-3-10(12)13(15,16)17)11(8-20)19-6-4-18-5-7-19;/h1-3,11,18,20H,4-8H2;1H/t11-;/m1./s1. The molecular weight excluding hydrogens is 312 g/mol. The first kappa shape index (κ1) is 18.2. The second-order valence-corrected chi connectivity index (χ2v) is 4.69. The zero-order chi connectivity index (χ0) is 14.8. The predicted molar refractivity (Wildman–Crippen MR) is 72.9 cm³/mol. The molecule has 1 fully saturated rings. The number of halogens is 5. The highest BCUT2D eigenvalue weighted by Crippen LogP contribution is 2.35. The van der Waals surface area contributed by atoms with E-state index in [1.165, 1.54) is 12.1 Å². The summed E-state index contributed by atoms with van der Waals surface area (Å²) in [5, 5.41) is 12.5. The summed E-state index contributed by atoms with van der Waals surface area (Å²) < 4.78 is 52.2. The fourth-order valence-corrected chi connectivity index (χ4v) is 2.43. The van der Waals surface area contributed by atoms with Gasteiger partial charge in [0, 0.05) is 31.7 Å². The highest BCUT2D eigenvalue weighted by atomic mass is 35.5. The Hall–Kier alpha value is -0.890. The van der Waals surface area contributed by atoms with Crippen LogP contribution < -0.4 is 5.32 Å². The van der Waals surface area contributed by atoms with Crippen LogP contribution in [0.25, 0.3) is 0 Å². The maximum absolute atomic E-state index is 14.1. The van der Waals surface area contributed by atoms with Crippen LogP contribution in [0.4, 0.5) is 17.6 Å². The number of benzene rings is 1. The molecule has 0 bridgehead atoms. The lowest BCUT2D eigenvalue weighted by molar-refractivity contribution is -0.140. The lowest BCUT2D eigenvalue weighted by Crippen LogP contribution is -2.46. The van der Waals surface area contributed by atoms with Crippen molar-refractivity contribution in [3.8, 4) is 0 Å². The molecule has 2 rings (SSSR count). The van der Waals surface area contributed by atoms with E-state index in [1.54, 1.807) is 4.90 Å². The first-order valence-electron chi connectivity index (χ1n) is 6.36. The van der Waals surface area contributed by atoms with Crippen molar-refractivity contribution in [3.05, 3.63) is 35.1 Å². The van der Waals surface area contributed by atoms with Gasteiger partial charge >= 0.3 is 6.18 Å². The SMILES string of the molecule is Cl.OC[C@H](c1cccc(C(F)(F)F)c1F)N1CCNCC1. The minimum atomic E-state index is -4.73. The van der Waals surface area contributed by atoms with Crippen LogP contribution in [0.2, 0.25) is 0 Å². The average Bonchev–Trinajstić information content (AvgIpc) is 2.41. The third-order valence-electron chi connectivity index (χ3n) is 3.46. The number of hydrogen-bond acceptors (Lipinski definition) is 3. The van der Waals surface area contributed by atoms with Crippen molar-refractivity contribution in [2.75, 3.05) is 32.8 Å². The van der Waals surface area contributed by atoms with Crippen LogP contribution in [0.3, 0.4) is 0 Å². The van der Waals surface area contributed by atoms with Gasteiger partial charge in [0.25, 0.3) is 0 Å². The Bertz CT molecular complexity index is 464. The van der Waals surface area contributed by atoms with Crippen LogP contribution in [0.5, 0.6) is 0 Å². The number of hydrogen-bond donors (Lipinski definition) is 2. The van der Waals surface area contributed by atoms with E-state index < -0.39 is 30.2 Å². The molecule has 0 saturated carbocycles. The minimum absolute atomic E-state index is 0. The molecule has 1 saturated heterocycles. The monoisotopic (exact) mass is 328 g/mol. The maximum Gasteiger partial charge on any atom is 0.419 e. The van der Waals surface area contributed by atoms with Gasteiger partial charge < -0.3 is 10.4 Å². The van der Waals surface area contributed by atoms with E-state index in [-0.39, 0.29) is 18.0 Å². The second kappa shape index (κ2) is 7.40. The third-order valence-corrected chi connectivity index (χ3v) is 3.46. The summed E-state index contributed by atoms with van der Waals surface area (Å²) in [6.45, 7) is 2.02. The summed E-state index contributed by atoms with van der Waals surface area (Å²) in [5.41, 5.74) is -1.40. The molecule has 1 heterocycles. The molecule has 0 radical (unpaired) electrons. The van der Waals surface area contributed by atoms with E-state index in [0.717, 1.165) is 0 Å². The third kappa shape index (κ3) is 4.06. The highest BCUT2D eigenvalue weighted by molar-refractivity contribution is 5.85. The fourth-order valence-electron chi connectivity index (χ4n) is 2.43. The van der Waals surface area contributed by atoms with Gasteiger partial charge in [-0.1, -0.05) is 12.1 Å². The van der Waals surface area contributed by atoms with E-state index in [0.29, 0.717) is 32.2 Å². The van der Waals surface area contributed by atoms with Crippen LogP contribution in [-0.4, -0.2) is 42.8 Å². The van der Waals surface area contributed by atoms with E-state index in [1.807, 2.05) is 0 Å². The Morgan fingerprint density at radius 1 is 1.24 bits per heavy atom. The van der Waals surface area contributed by atoms with Crippen molar-refractivity contribution in [3.63, 3.8) is 0 Å². The summed E-state index contributed by atoms with van der Waals surface area (Å²) in [7, 11) is 0. The second-order valence-electron chi connectivity index (χ2n) is 4.69. The summed E-state index contributed by atoms with van der Waals surface area (Å²) in [6.07, 6.45) is -4.73. The molecule has 0 unspecified atom stereocenters. The quantitative estimate of drug-likeness (QED) is 0.835. The summed E-state index contributed by atoms with van der Waals surface area (Å²) in [5.74, 6) is -1.29. The van der Waals surface area contributed by atoms with Gasteiger partial charge in [-0.15, -0.1) is 12.4 Å². The molecule has 0 amide bonds. The molecule has 1 aromatic carbocycles. The van der Waals surface area contributed by atoms with Crippen LogP contribution in [0.1, 0.15) is 17.2 Å². The van der Waals surface area contributed by atoms with Gasteiger partial charge in [-0.2, -0.15) is 13.2 Å². The Morgan fingerprint density at radius 2 is 1.86 bits per heavy atom. The van der Waals surface area contributed by atoms with E-state index in [4.69, 9.17) is 0 Å². The van der Waals surface area contributed by atoms with Crippen LogP contribution in [0.15, 0.2) is 18.2 Å². The number of alkyl halides is 3. The Kier molecular flexibility index (Phi) is 6.40. The molecule has 21 heavy (non-hydrogen) atoms. The first-order valence-corrected chi connectivity index (χ1v) is 6.36. The number of nitrogens with zero attached hydrogens (tertiary/aromatic N) is 1. The van der Waals surface area contributed by atoms with Gasteiger partial charge in [0.2, 0.25) is 0 Å². The van der Waals surface area contributed by atoms with Gasteiger partial charge in [-0.3, -0.25) is 4.90 Å². The lowest BCUT2D eigenvalue weighted by Gasteiger charge is -2.34. The highest BCUT2D eigenvalue weighted by Gasteiger charge is 2.36. The van der Waals surface area contributed by atoms with Crippen molar-refractivity contribution in [2.24, 2.45) is 0 Å². The summed E-state index contributed by atoms with van der Waals surface area (Å²) in [6, 6.07) is 2.43. The molecule has 8 heteroatoms. The normalized spacial score (nSPS) is 18.1. The van der Waals surface area contributed by atoms with Gasteiger partial charge in [0.05, 0.1) is 18.2 Å². The van der Waals surface area contributed by atoms with Gasteiger partial charge in [0.1, 0.15) is 5.82 Å². The number of rotatable bonds is 3. The molecule has 1 aliphatic rings. The molecule has 1 atom stereocenters. The van der Waals surface area contributed by atoms with Crippen molar-refractivity contribution in [1.29, 1.82) is 0 Å². The van der Waals surface area contributed by atoms with Crippen molar-refractivity contribution in [1.82, 2.24) is 10.2 Å². The van der Waals surface area contributed by atoms with Crippen LogP contribution in [0, 0.1) is 5.82 Å². The summed E-state index contributed by atoms with van der Waals surface area (Å²) >= 11 is 0. The maximum atomic E-state index is 14.1. The Balaban J connectivity index is 0.00000220. The van der Waals surface area contributed by atoms with E-state index in [2.05, 4.69) is 5.32 Å². The Labute approximate surface area is 126 Å². The number of aliphatic hydroxyl groups excluding tert-OH is 1. The number of aliphatic hydroxyl groups is 1. The number of nitrogens with one attached hydrogen (secondary N) is 1. The molecule has 2 N–H and O–H groups in total. The summed E-state index contributed by atoms with van der Waals surface area (Å²) in [4.78, 5) is 1.79. The van der Waals surface area contributed by atoms with E-state index >= 15 is 0 Å². The van der Waals surface area contributed by atoms with Gasteiger partial charge in [-0.05, 0) is 6.07 Å². The van der Waals surface area contributed by atoms with Crippen molar-refractivity contribution < 1.29 is 22.7 Å². The minimum Gasteiger partial charge on any atom is -0.394 e.